The van der Waals surface area contributed by atoms with E-state index in [1.165, 1.54) is 12.2 Å². The van der Waals surface area contributed by atoms with E-state index in [1.807, 2.05) is 64.0 Å². The first-order valence-corrected chi connectivity index (χ1v) is 7.25. The van der Waals surface area contributed by atoms with Crippen LogP contribution in [0.3, 0.4) is 0 Å². The molecule has 0 fully saturated rings. The zero-order chi connectivity index (χ0) is 16.5. The number of ketones is 2. The normalized spacial score (nSPS) is 15.3. The number of anilines is 2. The molecule has 0 heterocycles. The molecule has 1 aliphatic rings. The molecule has 116 valence electrons. The Labute approximate surface area is 131 Å². The van der Waals surface area contributed by atoms with Gasteiger partial charge in [0, 0.05) is 37.2 Å². The first-order chi connectivity index (χ1) is 10.2. The van der Waals surface area contributed by atoms with Crippen LogP contribution in [0.2, 0.25) is 0 Å². The van der Waals surface area contributed by atoms with Gasteiger partial charge in [0.2, 0.25) is 11.6 Å². The molecule has 1 N–H and O–H groups in total. The van der Waals surface area contributed by atoms with Crippen molar-refractivity contribution in [2.45, 2.75) is 20.8 Å². The number of rotatable bonds is 3. The highest BCUT2D eigenvalue weighted by Crippen LogP contribution is 2.33. The Morgan fingerprint density at radius 3 is 1.95 bits per heavy atom. The summed E-state index contributed by atoms with van der Waals surface area (Å²) >= 11 is 0. The average Bonchev–Trinajstić information content (AvgIpc) is 2.42. The molecule has 4 nitrogen and oxygen atoms in total. The third-order valence-corrected chi connectivity index (χ3v) is 3.55. The van der Waals surface area contributed by atoms with Crippen molar-refractivity contribution in [3.05, 3.63) is 47.7 Å². The molecule has 4 heteroatoms. The van der Waals surface area contributed by atoms with Gasteiger partial charge in [-0.05, 0) is 41.3 Å². The van der Waals surface area contributed by atoms with Gasteiger partial charge in [-0.2, -0.15) is 0 Å². The molecule has 0 saturated carbocycles. The van der Waals surface area contributed by atoms with E-state index in [0.717, 1.165) is 16.9 Å². The van der Waals surface area contributed by atoms with Gasteiger partial charge in [0.05, 0.1) is 0 Å². The summed E-state index contributed by atoms with van der Waals surface area (Å²) in [5.41, 5.74) is 3.29. The molecule has 0 radical (unpaired) electrons. The van der Waals surface area contributed by atoms with Crippen LogP contribution in [-0.2, 0) is 9.59 Å². The Morgan fingerprint density at radius 2 is 1.45 bits per heavy atom. The predicted molar refractivity (Wildman–Crippen MR) is 90.0 cm³/mol. The molecule has 0 aliphatic heterocycles. The van der Waals surface area contributed by atoms with Crippen molar-refractivity contribution in [2.24, 2.45) is 5.41 Å². The fraction of sp³-hybridized carbons (Fsp3) is 0.333. The topological polar surface area (TPSA) is 49.4 Å². The Bertz CT molecular complexity index is 659. The Kier molecular flexibility index (Phi) is 4.22. The summed E-state index contributed by atoms with van der Waals surface area (Å²) in [4.78, 5) is 25.4. The second-order valence-electron chi connectivity index (χ2n) is 6.66. The van der Waals surface area contributed by atoms with Crippen molar-refractivity contribution in [3.63, 3.8) is 0 Å². The minimum atomic E-state index is -0.486. The van der Waals surface area contributed by atoms with Crippen LogP contribution in [0.15, 0.2) is 47.7 Å². The van der Waals surface area contributed by atoms with Crippen molar-refractivity contribution in [1.29, 1.82) is 0 Å². The van der Waals surface area contributed by atoms with Gasteiger partial charge in [-0.1, -0.05) is 20.8 Å². The van der Waals surface area contributed by atoms with E-state index in [1.54, 1.807) is 0 Å². The van der Waals surface area contributed by atoms with Gasteiger partial charge in [-0.15, -0.1) is 0 Å². The van der Waals surface area contributed by atoms with Gasteiger partial charge in [0.15, 0.2) is 0 Å². The summed E-state index contributed by atoms with van der Waals surface area (Å²) < 4.78 is 0. The summed E-state index contributed by atoms with van der Waals surface area (Å²) in [5, 5.41) is 3.26. The zero-order valence-corrected chi connectivity index (χ0v) is 13.7. The molecule has 0 aromatic heterocycles. The number of hydrogen-bond acceptors (Lipinski definition) is 4. The molecule has 2 rings (SSSR count). The number of allylic oxidation sites excluding steroid dienone is 3. The van der Waals surface area contributed by atoms with Crippen LogP contribution in [0.4, 0.5) is 11.4 Å². The van der Waals surface area contributed by atoms with Crippen LogP contribution in [0.25, 0.3) is 0 Å². The second kappa shape index (κ2) is 5.79. The molecular formula is C18H22N2O2. The lowest BCUT2D eigenvalue weighted by Crippen LogP contribution is -2.24. The largest absolute Gasteiger partial charge is 0.378 e. The molecule has 0 spiro atoms. The fourth-order valence-corrected chi connectivity index (χ4v) is 2.28. The molecule has 1 aromatic carbocycles. The Balaban J connectivity index is 2.30. The maximum absolute atomic E-state index is 11.7. The third-order valence-electron chi connectivity index (χ3n) is 3.55. The quantitative estimate of drug-likeness (QED) is 0.688. The predicted octanol–water partition coefficient (Wildman–Crippen LogP) is 3.17. The molecule has 22 heavy (non-hydrogen) atoms. The van der Waals surface area contributed by atoms with Crippen molar-refractivity contribution in [1.82, 2.24) is 0 Å². The van der Waals surface area contributed by atoms with Gasteiger partial charge < -0.3 is 10.2 Å². The highest BCUT2D eigenvalue weighted by atomic mass is 16.2. The number of hydrogen-bond donors (Lipinski definition) is 1. The van der Waals surface area contributed by atoms with E-state index >= 15 is 0 Å². The van der Waals surface area contributed by atoms with Crippen LogP contribution < -0.4 is 10.2 Å². The first kappa shape index (κ1) is 16.0. The lowest BCUT2D eigenvalue weighted by Gasteiger charge is -2.28. The maximum Gasteiger partial charge on any atom is 0.227 e. The van der Waals surface area contributed by atoms with E-state index in [-0.39, 0.29) is 5.41 Å². The van der Waals surface area contributed by atoms with Crippen molar-refractivity contribution >= 4 is 22.9 Å². The fourth-order valence-electron chi connectivity index (χ4n) is 2.28. The molecule has 0 bridgehead atoms. The molecule has 0 saturated heterocycles. The lowest BCUT2D eigenvalue weighted by molar-refractivity contribution is -0.131. The third kappa shape index (κ3) is 3.45. The summed E-state index contributed by atoms with van der Waals surface area (Å²) in [5.74, 6) is -0.946. The van der Waals surface area contributed by atoms with Crippen LogP contribution >= 0.6 is 0 Å². The van der Waals surface area contributed by atoms with Gasteiger partial charge in [0.1, 0.15) is 0 Å². The van der Waals surface area contributed by atoms with Gasteiger partial charge in [0.25, 0.3) is 0 Å². The van der Waals surface area contributed by atoms with Crippen molar-refractivity contribution in [2.75, 3.05) is 24.3 Å². The minimum absolute atomic E-state index is 0.223. The molecular weight excluding hydrogens is 276 g/mol. The molecule has 1 aliphatic carbocycles. The van der Waals surface area contributed by atoms with Crippen LogP contribution in [-0.4, -0.2) is 25.7 Å². The summed E-state index contributed by atoms with van der Waals surface area (Å²) in [7, 11) is 3.97. The minimum Gasteiger partial charge on any atom is -0.378 e. The zero-order valence-electron chi connectivity index (χ0n) is 13.7. The van der Waals surface area contributed by atoms with Crippen LogP contribution in [0, 0.1) is 5.41 Å². The average molecular weight is 298 g/mol. The summed E-state index contributed by atoms with van der Waals surface area (Å²) in [6.45, 7) is 6.06. The van der Waals surface area contributed by atoms with Crippen LogP contribution in [0.5, 0.6) is 0 Å². The summed E-state index contributed by atoms with van der Waals surface area (Å²) in [6, 6.07) is 7.91. The Hall–Kier alpha value is -2.36. The van der Waals surface area contributed by atoms with Gasteiger partial charge >= 0.3 is 0 Å². The smallest absolute Gasteiger partial charge is 0.227 e. The molecule has 0 atom stereocenters. The van der Waals surface area contributed by atoms with Gasteiger partial charge in [-0.25, -0.2) is 0 Å². The molecule has 0 unspecified atom stereocenters. The van der Waals surface area contributed by atoms with E-state index in [0.29, 0.717) is 5.70 Å². The standard InChI is InChI=1S/C18H22N2O2/c1-18(2,3)14-10-16(21)17(22)11-15(14)19-12-6-8-13(9-7-12)20(4)5/h6-11,19H,1-5H3. The molecule has 0 amide bonds. The Morgan fingerprint density at radius 1 is 0.909 bits per heavy atom. The SMILES string of the molecule is CN(C)c1ccc(NC2=CC(=O)C(=O)C=C2C(C)(C)C)cc1. The second-order valence-corrected chi connectivity index (χ2v) is 6.66. The monoisotopic (exact) mass is 298 g/mol. The maximum atomic E-state index is 11.7. The highest BCUT2D eigenvalue weighted by molar-refractivity contribution is 6.47. The van der Waals surface area contributed by atoms with E-state index in [9.17, 15) is 9.59 Å². The van der Waals surface area contributed by atoms with Crippen molar-refractivity contribution in [3.8, 4) is 0 Å². The number of carbonyl (C=O) groups is 2. The van der Waals surface area contributed by atoms with Gasteiger partial charge in [-0.3, -0.25) is 9.59 Å². The first-order valence-electron chi connectivity index (χ1n) is 7.25. The van der Waals surface area contributed by atoms with E-state index in [2.05, 4.69) is 5.32 Å². The number of nitrogens with one attached hydrogen (secondary N) is 1. The highest BCUT2D eigenvalue weighted by Gasteiger charge is 2.28. The number of carbonyl (C=O) groups excluding carboxylic acids is 2. The number of nitrogens with zero attached hydrogens (tertiary/aromatic N) is 1. The van der Waals surface area contributed by atoms with E-state index in [4.69, 9.17) is 0 Å². The summed E-state index contributed by atoms with van der Waals surface area (Å²) in [6.07, 6.45) is 2.83. The van der Waals surface area contributed by atoms with E-state index < -0.39 is 11.6 Å². The lowest BCUT2D eigenvalue weighted by atomic mass is 9.81. The van der Waals surface area contributed by atoms with Crippen LogP contribution in [0.1, 0.15) is 20.8 Å². The number of benzene rings is 1. The van der Waals surface area contributed by atoms with Crippen molar-refractivity contribution < 1.29 is 9.59 Å². The molecule has 1 aromatic rings.